The van der Waals surface area contributed by atoms with Crippen molar-refractivity contribution in [3.05, 3.63) is 42.4 Å². The molecule has 0 bridgehead atoms. The smallest absolute Gasteiger partial charge is 0.119 e. The third kappa shape index (κ3) is 2.90. The minimum atomic E-state index is 0.681. The van der Waals surface area contributed by atoms with E-state index in [-0.39, 0.29) is 0 Å². The molecule has 3 rings (SSSR count). The number of hydrogen-bond donors (Lipinski definition) is 1. The number of rotatable bonds is 5. The van der Waals surface area contributed by atoms with Crippen molar-refractivity contribution in [3.63, 3.8) is 0 Å². The Labute approximate surface area is 112 Å². The molecule has 0 amide bonds. The number of aromatic nitrogens is 2. The first-order valence-electron chi connectivity index (χ1n) is 6.53. The summed E-state index contributed by atoms with van der Waals surface area (Å²) in [6.45, 7) is 0.841. The molecule has 4 heteroatoms. The van der Waals surface area contributed by atoms with E-state index in [1.807, 2.05) is 12.1 Å². The summed E-state index contributed by atoms with van der Waals surface area (Å²) in [5.74, 6) is 0.875. The van der Waals surface area contributed by atoms with Gasteiger partial charge < -0.3 is 10.1 Å². The zero-order valence-corrected chi connectivity index (χ0v) is 11.0. The Kier molecular flexibility index (Phi) is 3.42. The van der Waals surface area contributed by atoms with Crippen LogP contribution < -0.4 is 10.1 Å². The van der Waals surface area contributed by atoms with Gasteiger partial charge in [0.05, 0.1) is 19.0 Å². The maximum absolute atomic E-state index is 5.30. The van der Waals surface area contributed by atoms with Crippen LogP contribution in [-0.2, 0) is 6.54 Å². The van der Waals surface area contributed by atoms with Crippen LogP contribution in [0.25, 0.3) is 11.3 Å². The molecule has 0 spiro atoms. The van der Waals surface area contributed by atoms with E-state index in [4.69, 9.17) is 4.74 Å². The Morgan fingerprint density at radius 1 is 1.32 bits per heavy atom. The molecule has 1 aromatic heterocycles. The van der Waals surface area contributed by atoms with Gasteiger partial charge in [-0.15, -0.1) is 0 Å². The molecule has 0 aliphatic heterocycles. The average Bonchev–Trinajstić information content (AvgIpc) is 3.30. The molecule has 1 aliphatic rings. The summed E-state index contributed by atoms with van der Waals surface area (Å²) < 4.78 is 5.30. The number of benzene rings is 1. The molecule has 1 N–H and O–H groups in total. The summed E-state index contributed by atoms with van der Waals surface area (Å²) >= 11 is 0. The molecule has 98 valence electrons. The fraction of sp³-hybridized carbons (Fsp3) is 0.333. The van der Waals surface area contributed by atoms with E-state index in [0.29, 0.717) is 6.04 Å². The lowest BCUT2D eigenvalue weighted by atomic mass is 10.0. The number of ether oxygens (including phenoxy) is 1. The molecule has 1 aliphatic carbocycles. The second-order valence-corrected chi connectivity index (χ2v) is 4.77. The lowest BCUT2D eigenvalue weighted by Gasteiger charge is -2.11. The first-order chi connectivity index (χ1) is 9.36. The highest BCUT2D eigenvalue weighted by atomic mass is 16.5. The summed E-state index contributed by atoms with van der Waals surface area (Å²) in [6.07, 6.45) is 7.77. The Hall–Kier alpha value is -1.94. The van der Waals surface area contributed by atoms with Gasteiger partial charge in [-0.3, -0.25) is 9.97 Å². The zero-order valence-electron chi connectivity index (χ0n) is 11.0. The molecular formula is C15H17N3O. The van der Waals surface area contributed by atoms with Crippen LogP contribution in [0.5, 0.6) is 5.75 Å². The average molecular weight is 255 g/mol. The molecule has 1 aromatic carbocycles. The summed E-state index contributed by atoms with van der Waals surface area (Å²) in [4.78, 5) is 8.51. The van der Waals surface area contributed by atoms with Crippen molar-refractivity contribution in [2.45, 2.75) is 25.4 Å². The Morgan fingerprint density at radius 2 is 2.21 bits per heavy atom. The maximum Gasteiger partial charge on any atom is 0.119 e. The van der Waals surface area contributed by atoms with Crippen LogP contribution in [0.2, 0.25) is 0 Å². The van der Waals surface area contributed by atoms with Gasteiger partial charge in [-0.25, -0.2) is 0 Å². The number of hydrogen-bond acceptors (Lipinski definition) is 4. The van der Waals surface area contributed by atoms with Crippen molar-refractivity contribution in [2.24, 2.45) is 0 Å². The summed E-state index contributed by atoms with van der Waals surface area (Å²) in [5, 5.41) is 3.53. The Balaban J connectivity index is 1.92. The molecule has 0 unspecified atom stereocenters. The van der Waals surface area contributed by atoms with E-state index in [1.165, 1.54) is 18.4 Å². The standard InChI is InChI=1S/C15H17N3O/c1-19-13-4-5-14(15-10-16-6-7-17-15)11(8-13)9-18-12-2-3-12/h4-8,10,12,18H,2-3,9H2,1H3. The van der Waals surface area contributed by atoms with Crippen molar-refractivity contribution in [2.75, 3.05) is 7.11 Å². The van der Waals surface area contributed by atoms with Gasteiger partial charge in [-0.05, 0) is 36.6 Å². The largest absolute Gasteiger partial charge is 0.497 e. The summed E-state index contributed by atoms with van der Waals surface area (Å²) in [5.41, 5.74) is 3.21. The molecule has 0 atom stereocenters. The van der Waals surface area contributed by atoms with Gasteiger partial charge in [0.15, 0.2) is 0 Å². The van der Waals surface area contributed by atoms with Crippen molar-refractivity contribution in [1.82, 2.24) is 15.3 Å². The summed E-state index contributed by atoms with van der Waals surface area (Å²) in [6, 6.07) is 6.76. The quantitative estimate of drug-likeness (QED) is 0.891. The SMILES string of the molecule is COc1ccc(-c2cnccn2)c(CNC2CC2)c1. The topological polar surface area (TPSA) is 47.0 Å². The maximum atomic E-state index is 5.30. The highest BCUT2D eigenvalue weighted by molar-refractivity contribution is 5.64. The summed E-state index contributed by atoms with van der Waals surface area (Å²) in [7, 11) is 1.69. The van der Waals surface area contributed by atoms with Crippen LogP contribution in [0.1, 0.15) is 18.4 Å². The van der Waals surface area contributed by atoms with E-state index in [0.717, 1.165) is 23.6 Å². The number of nitrogens with one attached hydrogen (secondary N) is 1. The van der Waals surface area contributed by atoms with Crippen LogP contribution in [0.15, 0.2) is 36.8 Å². The molecular weight excluding hydrogens is 238 g/mol. The van der Waals surface area contributed by atoms with E-state index in [1.54, 1.807) is 25.7 Å². The second kappa shape index (κ2) is 5.36. The van der Waals surface area contributed by atoms with Gasteiger partial charge in [0.25, 0.3) is 0 Å². The molecule has 2 aromatic rings. The lowest BCUT2D eigenvalue weighted by Crippen LogP contribution is -2.16. The number of nitrogens with zero attached hydrogens (tertiary/aromatic N) is 2. The molecule has 0 radical (unpaired) electrons. The Bertz CT molecular complexity index is 553. The molecule has 1 heterocycles. The fourth-order valence-corrected chi connectivity index (χ4v) is 2.07. The highest BCUT2D eigenvalue weighted by Gasteiger charge is 2.20. The minimum absolute atomic E-state index is 0.681. The second-order valence-electron chi connectivity index (χ2n) is 4.77. The van der Waals surface area contributed by atoms with Gasteiger partial charge in [-0.2, -0.15) is 0 Å². The van der Waals surface area contributed by atoms with Gasteiger partial charge in [-0.1, -0.05) is 0 Å². The van der Waals surface area contributed by atoms with Crippen LogP contribution >= 0.6 is 0 Å². The minimum Gasteiger partial charge on any atom is -0.497 e. The van der Waals surface area contributed by atoms with Crippen LogP contribution in [0.3, 0.4) is 0 Å². The monoisotopic (exact) mass is 255 g/mol. The van der Waals surface area contributed by atoms with Crippen molar-refractivity contribution < 1.29 is 4.74 Å². The predicted octanol–water partition coefficient (Wildman–Crippen LogP) is 2.40. The normalized spacial score (nSPS) is 14.4. The van der Waals surface area contributed by atoms with Crippen LogP contribution in [0.4, 0.5) is 0 Å². The molecule has 1 saturated carbocycles. The van der Waals surface area contributed by atoms with Crippen LogP contribution in [-0.4, -0.2) is 23.1 Å². The van der Waals surface area contributed by atoms with E-state index in [9.17, 15) is 0 Å². The van der Waals surface area contributed by atoms with Crippen molar-refractivity contribution >= 4 is 0 Å². The molecule has 4 nitrogen and oxygen atoms in total. The fourth-order valence-electron chi connectivity index (χ4n) is 2.07. The van der Waals surface area contributed by atoms with Gasteiger partial charge >= 0.3 is 0 Å². The third-order valence-electron chi connectivity index (χ3n) is 3.31. The van der Waals surface area contributed by atoms with E-state index < -0.39 is 0 Å². The molecule has 19 heavy (non-hydrogen) atoms. The van der Waals surface area contributed by atoms with Crippen molar-refractivity contribution in [1.29, 1.82) is 0 Å². The van der Waals surface area contributed by atoms with Gasteiger partial charge in [0.2, 0.25) is 0 Å². The first-order valence-corrected chi connectivity index (χ1v) is 6.53. The highest BCUT2D eigenvalue weighted by Crippen LogP contribution is 2.27. The third-order valence-corrected chi connectivity index (χ3v) is 3.31. The van der Waals surface area contributed by atoms with Gasteiger partial charge in [0.1, 0.15) is 5.75 Å². The molecule has 1 fully saturated rings. The van der Waals surface area contributed by atoms with Crippen molar-refractivity contribution in [3.8, 4) is 17.0 Å². The van der Waals surface area contributed by atoms with Crippen LogP contribution in [0, 0.1) is 0 Å². The lowest BCUT2D eigenvalue weighted by molar-refractivity contribution is 0.414. The predicted molar refractivity (Wildman–Crippen MR) is 73.9 cm³/mol. The van der Waals surface area contributed by atoms with E-state index >= 15 is 0 Å². The van der Waals surface area contributed by atoms with Gasteiger partial charge in [0, 0.05) is 30.5 Å². The Morgan fingerprint density at radius 3 is 2.89 bits per heavy atom. The number of methoxy groups -OCH3 is 1. The van der Waals surface area contributed by atoms with E-state index in [2.05, 4.69) is 21.4 Å². The first kappa shape index (κ1) is 12.1. The zero-order chi connectivity index (χ0) is 13.1. The molecule has 0 saturated heterocycles.